The van der Waals surface area contributed by atoms with E-state index < -0.39 is 11.8 Å². The SMILES string of the molecule is O=C1c2ccccc2C(=O)N1OCc1cc(Cl)ccc1Cl. The van der Waals surface area contributed by atoms with Crippen molar-refractivity contribution < 1.29 is 14.4 Å². The molecule has 0 N–H and O–H groups in total. The lowest BCUT2D eigenvalue weighted by molar-refractivity contribution is -0.101. The van der Waals surface area contributed by atoms with Crippen LogP contribution < -0.4 is 0 Å². The molecule has 0 atom stereocenters. The number of hydrogen-bond donors (Lipinski definition) is 0. The molecule has 0 bridgehead atoms. The summed E-state index contributed by atoms with van der Waals surface area (Å²) in [5.41, 5.74) is 1.26. The molecule has 1 aliphatic rings. The van der Waals surface area contributed by atoms with E-state index in [1.807, 2.05) is 0 Å². The number of hydroxylamine groups is 2. The summed E-state index contributed by atoms with van der Waals surface area (Å²) < 4.78 is 0. The zero-order valence-electron chi connectivity index (χ0n) is 10.7. The van der Waals surface area contributed by atoms with Gasteiger partial charge in [-0.3, -0.25) is 14.4 Å². The van der Waals surface area contributed by atoms with Gasteiger partial charge in [-0.15, -0.1) is 5.06 Å². The van der Waals surface area contributed by atoms with Crippen LogP contribution in [0.4, 0.5) is 0 Å². The number of hydrogen-bond acceptors (Lipinski definition) is 3. The van der Waals surface area contributed by atoms with Crippen LogP contribution in [0.5, 0.6) is 0 Å². The molecule has 21 heavy (non-hydrogen) atoms. The Morgan fingerprint density at radius 2 is 1.57 bits per heavy atom. The summed E-state index contributed by atoms with van der Waals surface area (Å²) in [5, 5.41) is 1.71. The molecule has 2 aromatic rings. The van der Waals surface area contributed by atoms with E-state index in [-0.39, 0.29) is 6.61 Å². The Labute approximate surface area is 130 Å². The van der Waals surface area contributed by atoms with Gasteiger partial charge in [0.1, 0.15) is 6.61 Å². The van der Waals surface area contributed by atoms with Crippen LogP contribution in [0.2, 0.25) is 10.0 Å². The van der Waals surface area contributed by atoms with Crippen molar-refractivity contribution in [1.82, 2.24) is 5.06 Å². The Morgan fingerprint density at radius 3 is 2.19 bits per heavy atom. The molecule has 4 nitrogen and oxygen atoms in total. The summed E-state index contributed by atoms with van der Waals surface area (Å²) in [4.78, 5) is 29.5. The molecule has 3 rings (SSSR count). The third-order valence-electron chi connectivity index (χ3n) is 3.11. The van der Waals surface area contributed by atoms with E-state index in [1.54, 1.807) is 42.5 Å². The Balaban J connectivity index is 1.80. The number of amides is 2. The molecule has 0 aromatic heterocycles. The topological polar surface area (TPSA) is 46.6 Å². The molecule has 1 heterocycles. The minimum atomic E-state index is -0.478. The van der Waals surface area contributed by atoms with E-state index in [2.05, 4.69) is 0 Å². The van der Waals surface area contributed by atoms with E-state index >= 15 is 0 Å². The number of carbonyl (C=O) groups excluding carboxylic acids is 2. The quantitative estimate of drug-likeness (QED) is 0.809. The van der Waals surface area contributed by atoms with Crippen LogP contribution in [0, 0.1) is 0 Å². The van der Waals surface area contributed by atoms with Gasteiger partial charge in [0.05, 0.1) is 11.1 Å². The van der Waals surface area contributed by atoms with Crippen molar-refractivity contribution in [3.05, 3.63) is 69.2 Å². The van der Waals surface area contributed by atoms with Gasteiger partial charge in [0.15, 0.2) is 0 Å². The summed E-state index contributed by atoms with van der Waals surface area (Å²) in [6.07, 6.45) is 0. The third-order valence-corrected chi connectivity index (χ3v) is 3.72. The second kappa shape index (κ2) is 5.48. The molecule has 6 heteroatoms. The maximum Gasteiger partial charge on any atom is 0.285 e. The lowest BCUT2D eigenvalue weighted by atomic mass is 10.1. The lowest BCUT2D eigenvalue weighted by Gasteiger charge is -2.14. The van der Waals surface area contributed by atoms with Crippen LogP contribution in [-0.2, 0) is 11.4 Å². The van der Waals surface area contributed by atoms with Crippen molar-refractivity contribution in [3.63, 3.8) is 0 Å². The van der Waals surface area contributed by atoms with Crippen molar-refractivity contribution in [2.24, 2.45) is 0 Å². The van der Waals surface area contributed by atoms with Gasteiger partial charge in [-0.25, -0.2) is 0 Å². The maximum atomic E-state index is 12.1. The Hall–Kier alpha value is -1.88. The van der Waals surface area contributed by atoms with Gasteiger partial charge in [0, 0.05) is 15.6 Å². The second-order valence-electron chi connectivity index (χ2n) is 4.46. The van der Waals surface area contributed by atoms with Gasteiger partial charge in [0.2, 0.25) is 0 Å². The van der Waals surface area contributed by atoms with Crippen LogP contribution in [0.15, 0.2) is 42.5 Å². The van der Waals surface area contributed by atoms with Crippen LogP contribution in [0.3, 0.4) is 0 Å². The largest absolute Gasteiger partial charge is 0.285 e. The predicted molar refractivity (Wildman–Crippen MR) is 78.2 cm³/mol. The minimum Gasteiger partial charge on any atom is -0.266 e. The molecule has 1 aliphatic heterocycles. The van der Waals surface area contributed by atoms with Gasteiger partial charge < -0.3 is 0 Å². The predicted octanol–water partition coefficient (Wildman–Crippen LogP) is 3.72. The van der Waals surface area contributed by atoms with Crippen molar-refractivity contribution in [1.29, 1.82) is 0 Å². The molecule has 106 valence electrons. The Bertz CT molecular complexity index is 710. The summed E-state index contributed by atoms with van der Waals surface area (Å²) in [5.74, 6) is -0.956. The number of imide groups is 1. The van der Waals surface area contributed by atoms with E-state index in [1.165, 1.54) is 0 Å². The molecule has 0 saturated heterocycles. The van der Waals surface area contributed by atoms with Gasteiger partial charge in [-0.2, -0.15) is 0 Å². The van der Waals surface area contributed by atoms with Crippen molar-refractivity contribution in [2.45, 2.75) is 6.61 Å². The highest BCUT2D eigenvalue weighted by atomic mass is 35.5. The van der Waals surface area contributed by atoms with E-state index in [9.17, 15) is 9.59 Å². The number of halogens is 2. The molecule has 0 aliphatic carbocycles. The molecular formula is C15H9Cl2NO3. The molecule has 0 saturated carbocycles. The summed E-state index contributed by atoms with van der Waals surface area (Å²) in [6.45, 7) is -0.0230. The number of benzene rings is 2. The Kier molecular flexibility index (Phi) is 3.68. The summed E-state index contributed by atoms with van der Waals surface area (Å²) in [7, 11) is 0. The van der Waals surface area contributed by atoms with E-state index in [4.69, 9.17) is 28.0 Å². The number of fused-ring (bicyclic) bond motifs is 1. The third kappa shape index (κ3) is 2.53. The fourth-order valence-electron chi connectivity index (χ4n) is 2.07. The Morgan fingerprint density at radius 1 is 0.952 bits per heavy atom. The first-order chi connectivity index (χ1) is 10.1. The molecule has 2 aromatic carbocycles. The van der Waals surface area contributed by atoms with Crippen LogP contribution in [-0.4, -0.2) is 16.9 Å². The molecule has 0 radical (unpaired) electrons. The minimum absolute atomic E-state index is 0.0230. The highest BCUT2D eigenvalue weighted by molar-refractivity contribution is 6.33. The van der Waals surface area contributed by atoms with Crippen molar-refractivity contribution in [3.8, 4) is 0 Å². The fraction of sp³-hybridized carbons (Fsp3) is 0.0667. The molecule has 0 fully saturated rings. The first-order valence-corrected chi connectivity index (χ1v) is 6.88. The van der Waals surface area contributed by atoms with Crippen molar-refractivity contribution >= 4 is 35.0 Å². The van der Waals surface area contributed by atoms with Gasteiger partial charge >= 0.3 is 0 Å². The first-order valence-electron chi connectivity index (χ1n) is 6.12. The normalized spacial score (nSPS) is 13.7. The number of nitrogens with zero attached hydrogens (tertiary/aromatic N) is 1. The molecule has 0 unspecified atom stereocenters. The molecule has 2 amide bonds. The van der Waals surface area contributed by atoms with Gasteiger partial charge in [-0.1, -0.05) is 35.3 Å². The van der Waals surface area contributed by atoms with Gasteiger partial charge in [-0.05, 0) is 30.3 Å². The zero-order chi connectivity index (χ0) is 15.0. The molecule has 0 spiro atoms. The maximum absolute atomic E-state index is 12.1. The zero-order valence-corrected chi connectivity index (χ0v) is 12.2. The average Bonchev–Trinajstić information content (AvgIpc) is 2.73. The second-order valence-corrected chi connectivity index (χ2v) is 5.30. The lowest BCUT2D eigenvalue weighted by Crippen LogP contribution is -2.29. The summed E-state index contributed by atoms with van der Waals surface area (Å²) >= 11 is 11.9. The van der Waals surface area contributed by atoms with Crippen LogP contribution in [0.1, 0.15) is 26.3 Å². The number of carbonyl (C=O) groups is 2. The average molecular weight is 322 g/mol. The van der Waals surface area contributed by atoms with E-state index in [0.717, 1.165) is 5.06 Å². The highest BCUT2D eigenvalue weighted by Gasteiger charge is 2.36. The van der Waals surface area contributed by atoms with Crippen LogP contribution >= 0.6 is 23.2 Å². The highest BCUT2D eigenvalue weighted by Crippen LogP contribution is 2.25. The standard InChI is InChI=1S/C15H9Cl2NO3/c16-10-5-6-13(17)9(7-10)8-21-18-14(19)11-3-1-2-4-12(11)15(18)20/h1-7H,8H2. The first kappa shape index (κ1) is 14.1. The summed E-state index contributed by atoms with van der Waals surface area (Å²) in [6, 6.07) is 11.5. The number of rotatable bonds is 3. The van der Waals surface area contributed by atoms with E-state index in [0.29, 0.717) is 26.7 Å². The molecular weight excluding hydrogens is 313 g/mol. The van der Waals surface area contributed by atoms with Gasteiger partial charge in [0.25, 0.3) is 11.8 Å². The monoisotopic (exact) mass is 321 g/mol. The van der Waals surface area contributed by atoms with Crippen molar-refractivity contribution in [2.75, 3.05) is 0 Å². The smallest absolute Gasteiger partial charge is 0.266 e. The fourth-order valence-corrected chi connectivity index (χ4v) is 2.44. The van der Waals surface area contributed by atoms with Crippen LogP contribution in [0.25, 0.3) is 0 Å².